The number of hydrogen-bond donors (Lipinski definition) is 0. The van der Waals surface area contributed by atoms with Gasteiger partial charge in [-0.25, -0.2) is 84.2 Å². The summed E-state index contributed by atoms with van der Waals surface area (Å²) in [7, 11) is -64.0. The second-order valence-corrected chi connectivity index (χ2v) is 23.3. The van der Waals surface area contributed by atoms with Gasteiger partial charge in [0.1, 0.15) is 61.0 Å². The van der Waals surface area contributed by atoms with Crippen LogP contribution in [0.3, 0.4) is 0 Å². The SMILES string of the molecule is O=S(=O)([O-])OC[C@H]1O[C@@H](O[C@H]2[C@H](OS(=O)(=O)[O-])[C@@H](COS(=O)(=O)[O-])O[C@@H]2COS(=O)(=O)[O-])[C@H](OS(=O)(=O)[O-])[C@@H](OS(=O)(=O)[O-])[C@@H]1O[C@H]1O[C@H](COS(=O)(=O)[O-])[C@@H](OS(=O)(=O)[O-])[C@H](OS(=O)(=O)[O-])[C@H]1OS(=O)(=O)[O-].[K+].[K+].[K+].[K+].[K+].[K+].[K+].[K+].[K+].[K+]. The van der Waals surface area contributed by atoms with E-state index in [1.54, 1.807) is 0 Å². The summed E-state index contributed by atoms with van der Waals surface area (Å²) in [5, 5.41) is 0. The number of hydrogen-bond acceptors (Lipinski definition) is 45. The summed E-state index contributed by atoms with van der Waals surface area (Å²) in [6.45, 7) is -8.24. The standard InChI is InChI=1S/C18H32O45S10.10K/c19-64(20,21)49-1-5-9(11(58-68(31,32)33)7(53-5)3-51-66(25,26)27)56-17-15(62-72(43,44)45)13(60-70(37,38)39)10(6(54-17)2-50-65(22,23)24)57-18-16(63-73(46,47)48)14(61-71(40,41)42)12(59-69(34,35)36)8(55-18)4-52-67(28,29)30;;;;;;;;;;/h5-18H,1-4H2,(H,19,20,21)(H,22,23,24)(H,25,26,27)(H,28,29,30)(H,31,32,33)(H,34,35,36)(H,37,38,39)(H,40,41,42)(H,43,44,45)(H,46,47,48);;;;;;;;;;/q;10*+1/p-10/t5-,6-,7-,8-,9-,10-,11-,12-,13+,14+,15-,16-,17+,18-;;;;;;;;;;/m1........../s1. The van der Waals surface area contributed by atoms with Crippen LogP contribution < -0.4 is 514 Å². The third kappa shape index (κ3) is 49.4. The van der Waals surface area contributed by atoms with E-state index in [-0.39, 0.29) is 514 Å². The fraction of sp³-hybridized carbons (Fsp3) is 1.00. The Hall–Kier alpha value is 14.9. The molecule has 14 atom stereocenters. The van der Waals surface area contributed by atoms with Crippen molar-refractivity contribution in [3.05, 3.63) is 0 Å². The van der Waals surface area contributed by atoms with Crippen LogP contribution >= 0.6 is 0 Å². The van der Waals surface area contributed by atoms with Crippen LogP contribution in [-0.2, 0) is 170 Å². The summed E-state index contributed by atoms with van der Waals surface area (Å²) < 4.78 is 416. The molecule has 3 fully saturated rings. The smallest absolute Gasteiger partial charge is 0.726 e. The number of ether oxygens (including phenoxy) is 5. The van der Waals surface area contributed by atoms with Gasteiger partial charge in [-0.3, -0.25) is 41.8 Å². The Morgan fingerprint density at radius 3 is 0.639 bits per heavy atom. The largest absolute Gasteiger partial charge is 1.00 e. The van der Waals surface area contributed by atoms with Crippen LogP contribution in [0, 0.1) is 0 Å². The average Bonchev–Trinajstić information content (AvgIpc) is 3.43. The van der Waals surface area contributed by atoms with Crippen LogP contribution in [0.1, 0.15) is 0 Å². The predicted molar refractivity (Wildman–Crippen MR) is 186 cm³/mol. The Morgan fingerprint density at radius 2 is 0.398 bits per heavy atom. The first-order chi connectivity index (χ1) is 32.4. The third-order valence-electron chi connectivity index (χ3n) is 8.05. The molecule has 0 aromatic rings. The van der Waals surface area contributed by atoms with Gasteiger partial charge in [0.2, 0.25) is 104 Å². The van der Waals surface area contributed by atoms with Crippen LogP contribution in [-0.4, -0.2) is 242 Å². The average molecular weight is 1670 g/mol. The molecule has 0 aromatic heterocycles. The first kappa shape index (κ1) is 114. The van der Waals surface area contributed by atoms with Gasteiger partial charge >= 0.3 is 514 Å². The topological polar surface area (TPSA) is 710 Å². The fourth-order valence-corrected chi connectivity index (χ4v) is 10.2. The monoisotopic (exact) mass is 1670 g/mol. The van der Waals surface area contributed by atoms with Crippen molar-refractivity contribution in [2.24, 2.45) is 0 Å². The molecule has 0 aliphatic carbocycles. The summed E-state index contributed by atoms with van der Waals surface area (Å²) in [6, 6.07) is 0. The quantitative estimate of drug-likeness (QED) is 0.0399. The van der Waals surface area contributed by atoms with Crippen LogP contribution in [0.4, 0.5) is 0 Å². The van der Waals surface area contributed by atoms with Crippen molar-refractivity contribution in [2.75, 3.05) is 26.4 Å². The summed E-state index contributed by atoms with van der Waals surface area (Å²) in [5.74, 6) is 0. The maximum absolute atomic E-state index is 12.2. The van der Waals surface area contributed by atoms with Gasteiger partial charge in [0.05, 0.1) is 26.4 Å². The zero-order valence-electron chi connectivity index (χ0n) is 43.4. The molecule has 0 aromatic carbocycles. The zero-order valence-corrected chi connectivity index (χ0v) is 82.8. The fourth-order valence-electron chi connectivity index (χ4n) is 6.03. The van der Waals surface area contributed by atoms with Crippen molar-refractivity contribution in [3.8, 4) is 0 Å². The molecule has 3 saturated heterocycles. The number of rotatable bonds is 28. The van der Waals surface area contributed by atoms with E-state index >= 15 is 0 Å². The molecular weight excluding hydrogens is 1650 g/mol. The minimum absolute atomic E-state index is 0. The summed E-state index contributed by atoms with van der Waals surface area (Å²) in [6.07, 6.45) is -47.0. The molecule has 3 heterocycles. The summed E-state index contributed by atoms with van der Waals surface area (Å²) in [4.78, 5) is 0. The maximum Gasteiger partial charge on any atom is 1.00 e. The molecular formula is C18H22K10O45S10. The van der Waals surface area contributed by atoms with Gasteiger partial charge in [0, 0.05) is 0 Å². The van der Waals surface area contributed by atoms with Gasteiger partial charge in [0.25, 0.3) is 0 Å². The van der Waals surface area contributed by atoms with Gasteiger partial charge in [-0.2, -0.15) is 0 Å². The van der Waals surface area contributed by atoms with Crippen LogP contribution in [0.5, 0.6) is 0 Å². The summed E-state index contributed by atoms with van der Waals surface area (Å²) >= 11 is 0. The molecule has 434 valence electrons. The Morgan fingerprint density at radius 1 is 0.229 bits per heavy atom. The first-order valence-corrected chi connectivity index (χ1v) is 30.2. The van der Waals surface area contributed by atoms with Crippen LogP contribution in [0.25, 0.3) is 0 Å². The van der Waals surface area contributed by atoms with Crippen molar-refractivity contribution in [1.29, 1.82) is 0 Å². The molecule has 3 aliphatic heterocycles. The molecule has 65 heteroatoms. The van der Waals surface area contributed by atoms with Crippen molar-refractivity contribution in [2.45, 2.75) is 85.8 Å². The second-order valence-electron chi connectivity index (χ2n) is 13.1. The van der Waals surface area contributed by atoms with E-state index in [4.69, 9.17) is 23.7 Å². The van der Waals surface area contributed by atoms with Crippen LogP contribution in [0.15, 0.2) is 0 Å². The first-order valence-electron chi connectivity index (χ1n) is 16.9. The molecule has 0 amide bonds. The Labute approximate surface area is 898 Å². The molecule has 0 saturated carbocycles. The van der Waals surface area contributed by atoms with E-state index < -0.39 is 216 Å². The van der Waals surface area contributed by atoms with Gasteiger partial charge in [-0.05, 0) is 0 Å². The molecule has 0 spiro atoms. The maximum atomic E-state index is 12.2. The molecule has 3 rings (SSSR count). The van der Waals surface area contributed by atoms with Gasteiger partial charge in [-0.15, -0.1) is 0 Å². The van der Waals surface area contributed by atoms with Gasteiger partial charge in [-0.1, -0.05) is 0 Å². The molecule has 0 radical (unpaired) electrons. The minimum atomic E-state index is -6.79. The van der Waals surface area contributed by atoms with Gasteiger partial charge < -0.3 is 69.2 Å². The van der Waals surface area contributed by atoms with Crippen molar-refractivity contribution in [3.63, 3.8) is 0 Å². The third-order valence-corrected chi connectivity index (χ3v) is 12.5. The van der Waals surface area contributed by atoms with E-state index in [0.29, 0.717) is 0 Å². The van der Waals surface area contributed by atoms with Crippen molar-refractivity contribution in [1.82, 2.24) is 0 Å². The molecule has 0 N–H and O–H groups in total. The predicted octanol–water partition coefficient (Wildman–Crippen LogP) is -42.0. The normalized spacial score (nSPS) is 28.0. The van der Waals surface area contributed by atoms with E-state index in [9.17, 15) is 130 Å². The molecule has 0 bridgehead atoms. The Kier molecular flexibility index (Phi) is 66.1. The molecule has 0 unspecified atom stereocenters. The van der Waals surface area contributed by atoms with E-state index in [1.807, 2.05) is 0 Å². The molecule has 83 heavy (non-hydrogen) atoms. The minimum Gasteiger partial charge on any atom is -0.726 e. The van der Waals surface area contributed by atoms with Crippen molar-refractivity contribution >= 4 is 104 Å². The second kappa shape index (κ2) is 48.2. The Balaban J connectivity index is -0.000000937. The van der Waals surface area contributed by atoms with E-state index in [1.165, 1.54) is 0 Å². The van der Waals surface area contributed by atoms with E-state index in [0.717, 1.165) is 0 Å². The zero-order chi connectivity index (χ0) is 56.5. The molecule has 3 aliphatic rings. The van der Waals surface area contributed by atoms with Crippen molar-refractivity contribution < 1.29 is 709 Å². The molecule has 45 nitrogen and oxygen atoms in total. The Bertz CT molecular complexity index is 3140. The van der Waals surface area contributed by atoms with Gasteiger partial charge in [0.15, 0.2) is 24.8 Å². The van der Waals surface area contributed by atoms with E-state index in [2.05, 4.69) is 41.8 Å². The summed E-state index contributed by atoms with van der Waals surface area (Å²) in [5.41, 5.74) is 0. The van der Waals surface area contributed by atoms with Crippen LogP contribution in [0.2, 0.25) is 0 Å².